The number of carbonyl (C=O) groups is 2. The molecule has 2 rings (SSSR count). The van der Waals surface area contributed by atoms with E-state index in [-0.39, 0.29) is 11.1 Å². The highest BCUT2D eigenvalue weighted by molar-refractivity contribution is 5.96. The van der Waals surface area contributed by atoms with Gasteiger partial charge in [-0.15, -0.1) is 0 Å². The molecule has 1 aromatic heterocycles. The Morgan fingerprint density at radius 3 is 2.50 bits per heavy atom. The molecule has 1 aromatic carbocycles. The lowest BCUT2D eigenvalue weighted by atomic mass is 10.1. The Hall–Kier alpha value is -2.89. The van der Waals surface area contributed by atoms with Crippen molar-refractivity contribution in [3.63, 3.8) is 0 Å². The van der Waals surface area contributed by atoms with E-state index in [0.29, 0.717) is 6.42 Å². The molecule has 0 unspecified atom stereocenters. The second-order valence-corrected chi connectivity index (χ2v) is 4.68. The Balaban J connectivity index is 2.12. The van der Waals surface area contributed by atoms with E-state index in [2.05, 4.69) is 10.3 Å². The summed E-state index contributed by atoms with van der Waals surface area (Å²) in [6.45, 7) is 0. The average Bonchev–Trinajstić information content (AvgIpc) is 2.55. The van der Waals surface area contributed by atoms with Gasteiger partial charge in [0, 0.05) is 18.7 Å². The molecule has 2 aromatic rings. The van der Waals surface area contributed by atoms with Crippen LogP contribution in [0.15, 0.2) is 53.5 Å². The molecular formula is C16H16N2O4. The van der Waals surface area contributed by atoms with Crippen molar-refractivity contribution in [2.45, 2.75) is 12.5 Å². The second-order valence-electron chi connectivity index (χ2n) is 4.68. The highest BCUT2D eigenvalue weighted by Gasteiger charge is 2.22. The van der Waals surface area contributed by atoms with E-state index in [0.717, 1.165) is 5.56 Å². The Kier molecular flexibility index (Phi) is 5.08. The monoisotopic (exact) mass is 300 g/mol. The fraction of sp³-hybridized carbons (Fsp3) is 0.188. The number of aromatic nitrogens is 1. The number of benzene rings is 1. The van der Waals surface area contributed by atoms with Gasteiger partial charge in [-0.2, -0.15) is 0 Å². The smallest absolute Gasteiger partial charge is 0.328 e. The summed E-state index contributed by atoms with van der Waals surface area (Å²) in [7, 11) is 1.27. The summed E-state index contributed by atoms with van der Waals surface area (Å²) in [4.78, 5) is 37.4. The normalized spacial score (nSPS) is 11.5. The minimum absolute atomic E-state index is 0.265. The number of nitrogens with one attached hydrogen (secondary N) is 2. The molecule has 0 saturated carbocycles. The van der Waals surface area contributed by atoms with Crippen LogP contribution in [0.25, 0.3) is 0 Å². The van der Waals surface area contributed by atoms with E-state index >= 15 is 0 Å². The van der Waals surface area contributed by atoms with Crippen LogP contribution in [0.4, 0.5) is 0 Å². The second kappa shape index (κ2) is 7.21. The molecule has 6 heteroatoms. The predicted octanol–water partition coefficient (Wildman–Crippen LogP) is 0.889. The number of methoxy groups -OCH3 is 1. The van der Waals surface area contributed by atoms with Crippen LogP contribution in [-0.4, -0.2) is 30.0 Å². The molecule has 1 heterocycles. The summed E-state index contributed by atoms with van der Waals surface area (Å²) >= 11 is 0. The number of ether oxygens (including phenoxy) is 1. The number of aromatic amines is 1. The van der Waals surface area contributed by atoms with E-state index in [9.17, 15) is 14.4 Å². The zero-order valence-corrected chi connectivity index (χ0v) is 12.0. The minimum atomic E-state index is -0.799. The van der Waals surface area contributed by atoms with Crippen molar-refractivity contribution in [3.05, 3.63) is 70.1 Å². The Labute approximate surface area is 127 Å². The number of esters is 1. The van der Waals surface area contributed by atoms with Gasteiger partial charge >= 0.3 is 5.97 Å². The zero-order chi connectivity index (χ0) is 15.9. The van der Waals surface area contributed by atoms with Crippen molar-refractivity contribution in [1.29, 1.82) is 0 Å². The summed E-state index contributed by atoms with van der Waals surface area (Å²) in [5.74, 6) is -0.982. The van der Waals surface area contributed by atoms with E-state index in [4.69, 9.17) is 4.74 Å². The van der Waals surface area contributed by atoms with Gasteiger partial charge in [0.05, 0.1) is 12.7 Å². The highest BCUT2D eigenvalue weighted by Crippen LogP contribution is 2.05. The Morgan fingerprint density at radius 1 is 1.18 bits per heavy atom. The van der Waals surface area contributed by atoms with Gasteiger partial charge < -0.3 is 15.0 Å². The first-order valence-corrected chi connectivity index (χ1v) is 6.71. The topological polar surface area (TPSA) is 88.3 Å². The van der Waals surface area contributed by atoms with Crippen molar-refractivity contribution in [3.8, 4) is 0 Å². The average molecular weight is 300 g/mol. The molecule has 114 valence electrons. The van der Waals surface area contributed by atoms with Crippen molar-refractivity contribution in [1.82, 2.24) is 10.3 Å². The van der Waals surface area contributed by atoms with Gasteiger partial charge in [0.25, 0.3) is 5.91 Å². The van der Waals surface area contributed by atoms with Gasteiger partial charge in [-0.1, -0.05) is 30.3 Å². The van der Waals surface area contributed by atoms with Crippen molar-refractivity contribution < 1.29 is 14.3 Å². The molecule has 0 fully saturated rings. The summed E-state index contributed by atoms with van der Waals surface area (Å²) < 4.78 is 4.73. The van der Waals surface area contributed by atoms with Crippen LogP contribution in [-0.2, 0) is 16.0 Å². The van der Waals surface area contributed by atoms with Gasteiger partial charge in [-0.3, -0.25) is 9.59 Å². The predicted molar refractivity (Wildman–Crippen MR) is 80.5 cm³/mol. The third-order valence-corrected chi connectivity index (χ3v) is 3.12. The zero-order valence-electron chi connectivity index (χ0n) is 12.0. The van der Waals surface area contributed by atoms with Gasteiger partial charge in [-0.05, 0) is 11.6 Å². The summed E-state index contributed by atoms with van der Waals surface area (Å²) in [6, 6.07) is 11.2. The highest BCUT2D eigenvalue weighted by atomic mass is 16.5. The molecule has 0 aliphatic rings. The van der Waals surface area contributed by atoms with Crippen LogP contribution in [0.2, 0.25) is 0 Å². The standard InChI is InChI=1S/C16H16N2O4/c1-22-16(21)13(9-11-5-3-2-4-6-11)18-15(20)12-7-8-14(19)17-10-12/h2-8,10,13H,9H2,1H3,(H,17,19)(H,18,20)/t13-/m0/s1. The molecule has 22 heavy (non-hydrogen) atoms. The number of hydrogen-bond donors (Lipinski definition) is 2. The van der Waals surface area contributed by atoms with Crippen molar-refractivity contribution in [2.24, 2.45) is 0 Å². The molecule has 0 aliphatic heterocycles. The van der Waals surface area contributed by atoms with Crippen molar-refractivity contribution in [2.75, 3.05) is 7.11 Å². The largest absolute Gasteiger partial charge is 0.467 e. The summed E-state index contributed by atoms with van der Waals surface area (Å²) in [5, 5.41) is 2.62. The van der Waals surface area contributed by atoms with Crippen LogP contribution in [0.5, 0.6) is 0 Å². The van der Waals surface area contributed by atoms with E-state index in [1.54, 1.807) is 0 Å². The van der Waals surface area contributed by atoms with E-state index in [1.807, 2.05) is 30.3 Å². The molecule has 6 nitrogen and oxygen atoms in total. The van der Waals surface area contributed by atoms with Gasteiger partial charge in [0.15, 0.2) is 0 Å². The lowest BCUT2D eigenvalue weighted by Crippen LogP contribution is -2.43. The molecule has 2 N–H and O–H groups in total. The van der Waals surface area contributed by atoms with Crippen LogP contribution in [0.1, 0.15) is 15.9 Å². The van der Waals surface area contributed by atoms with Crippen LogP contribution in [0, 0.1) is 0 Å². The molecule has 0 aliphatic carbocycles. The molecule has 0 bridgehead atoms. The number of pyridine rings is 1. The van der Waals surface area contributed by atoms with Gasteiger partial charge in [0.2, 0.25) is 5.56 Å². The molecule has 0 spiro atoms. The van der Waals surface area contributed by atoms with Gasteiger partial charge in [-0.25, -0.2) is 4.79 Å². The molecule has 0 saturated heterocycles. The first-order valence-electron chi connectivity index (χ1n) is 6.71. The molecular weight excluding hydrogens is 284 g/mol. The number of H-pyrrole nitrogens is 1. The maximum Gasteiger partial charge on any atom is 0.328 e. The quantitative estimate of drug-likeness (QED) is 0.803. The maximum atomic E-state index is 12.1. The third-order valence-electron chi connectivity index (χ3n) is 3.12. The Morgan fingerprint density at radius 2 is 1.91 bits per heavy atom. The van der Waals surface area contributed by atoms with E-state index < -0.39 is 17.9 Å². The fourth-order valence-corrected chi connectivity index (χ4v) is 1.98. The van der Waals surface area contributed by atoms with Crippen LogP contribution >= 0.6 is 0 Å². The van der Waals surface area contributed by atoms with Crippen LogP contribution < -0.4 is 10.9 Å². The first kappa shape index (κ1) is 15.5. The fourth-order valence-electron chi connectivity index (χ4n) is 1.98. The lowest BCUT2D eigenvalue weighted by molar-refractivity contribution is -0.142. The Bertz CT molecular complexity index is 689. The number of carbonyl (C=O) groups excluding carboxylic acids is 2. The number of rotatable bonds is 5. The number of amides is 1. The minimum Gasteiger partial charge on any atom is -0.467 e. The van der Waals surface area contributed by atoms with Gasteiger partial charge in [0.1, 0.15) is 6.04 Å². The molecule has 1 amide bonds. The molecule has 1 atom stereocenters. The number of hydrogen-bond acceptors (Lipinski definition) is 4. The molecule has 0 radical (unpaired) electrons. The maximum absolute atomic E-state index is 12.1. The lowest BCUT2D eigenvalue weighted by Gasteiger charge is -2.16. The van der Waals surface area contributed by atoms with Crippen LogP contribution in [0.3, 0.4) is 0 Å². The third kappa shape index (κ3) is 4.05. The summed E-state index contributed by atoms with van der Waals surface area (Å²) in [6.07, 6.45) is 1.62. The van der Waals surface area contributed by atoms with Crippen molar-refractivity contribution >= 4 is 11.9 Å². The summed E-state index contributed by atoms with van der Waals surface area (Å²) in [5.41, 5.74) is 0.867. The SMILES string of the molecule is COC(=O)[C@H](Cc1ccccc1)NC(=O)c1ccc(=O)[nH]c1. The van der Waals surface area contributed by atoms with E-state index in [1.165, 1.54) is 25.4 Å². The first-order chi connectivity index (χ1) is 10.6.